The molecule has 2 saturated carbocycles. The van der Waals surface area contributed by atoms with Gasteiger partial charge in [0.2, 0.25) is 0 Å². The van der Waals surface area contributed by atoms with Crippen LogP contribution in [0.1, 0.15) is 46.0 Å². The number of rotatable bonds is 1. The van der Waals surface area contributed by atoms with Crippen molar-refractivity contribution in [2.75, 3.05) is 5.75 Å². The van der Waals surface area contributed by atoms with Crippen LogP contribution < -0.4 is 5.32 Å². The second-order valence-corrected chi connectivity index (χ2v) is 7.01. The quantitative estimate of drug-likeness (QED) is 0.740. The Hall–Kier alpha value is -0.180. The van der Waals surface area contributed by atoms with Crippen molar-refractivity contribution in [2.24, 2.45) is 10.4 Å². The standard InChI is InChI=1S/C12H20N2S/c1-11(2)7-9(11)13-10-14-12(8-15-10)5-3-4-6-12/h9H,3-8H2,1-2H3,(H,13,14). The van der Waals surface area contributed by atoms with Crippen molar-refractivity contribution >= 4 is 16.9 Å². The van der Waals surface area contributed by atoms with Crippen molar-refractivity contribution in [2.45, 2.75) is 57.5 Å². The van der Waals surface area contributed by atoms with Gasteiger partial charge in [-0.3, -0.25) is 4.99 Å². The Morgan fingerprint density at radius 3 is 2.60 bits per heavy atom. The Bertz CT molecular complexity index is 303. The van der Waals surface area contributed by atoms with Gasteiger partial charge in [0, 0.05) is 11.3 Å². The third-order valence-corrected chi connectivity index (χ3v) is 5.33. The summed E-state index contributed by atoms with van der Waals surface area (Å²) in [4.78, 5) is 4.83. The van der Waals surface area contributed by atoms with E-state index in [1.54, 1.807) is 0 Å². The van der Waals surface area contributed by atoms with Crippen LogP contribution in [0, 0.1) is 5.41 Å². The van der Waals surface area contributed by atoms with Crippen molar-refractivity contribution in [3.63, 3.8) is 0 Å². The van der Waals surface area contributed by atoms with Gasteiger partial charge in [-0.2, -0.15) is 0 Å². The molecule has 3 rings (SSSR count). The topological polar surface area (TPSA) is 24.4 Å². The van der Waals surface area contributed by atoms with Crippen LogP contribution in [-0.2, 0) is 0 Å². The van der Waals surface area contributed by atoms with Crippen LogP contribution in [0.3, 0.4) is 0 Å². The number of thioether (sulfide) groups is 1. The van der Waals surface area contributed by atoms with E-state index in [9.17, 15) is 0 Å². The van der Waals surface area contributed by atoms with Crippen LogP contribution >= 0.6 is 11.8 Å². The first kappa shape index (κ1) is 10.0. The Kier molecular flexibility index (Phi) is 2.11. The van der Waals surface area contributed by atoms with E-state index in [0.717, 1.165) is 0 Å². The zero-order valence-corrected chi connectivity index (χ0v) is 10.5. The first-order chi connectivity index (χ1) is 7.10. The van der Waals surface area contributed by atoms with Crippen LogP contribution in [0.15, 0.2) is 4.99 Å². The van der Waals surface area contributed by atoms with Crippen molar-refractivity contribution in [1.82, 2.24) is 5.32 Å². The summed E-state index contributed by atoms with van der Waals surface area (Å²) in [7, 11) is 0. The van der Waals surface area contributed by atoms with E-state index >= 15 is 0 Å². The molecule has 0 aromatic heterocycles. The number of aliphatic imine (C=N–C) groups is 1. The van der Waals surface area contributed by atoms with E-state index in [4.69, 9.17) is 4.99 Å². The van der Waals surface area contributed by atoms with Gasteiger partial charge in [-0.25, -0.2) is 0 Å². The number of amidine groups is 1. The van der Waals surface area contributed by atoms with Gasteiger partial charge in [-0.1, -0.05) is 38.5 Å². The lowest BCUT2D eigenvalue weighted by Gasteiger charge is -2.21. The highest BCUT2D eigenvalue weighted by molar-refractivity contribution is 8.14. The molecule has 15 heavy (non-hydrogen) atoms. The molecule has 1 spiro atoms. The Morgan fingerprint density at radius 2 is 2.00 bits per heavy atom. The van der Waals surface area contributed by atoms with Gasteiger partial charge < -0.3 is 5.32 Å². The first-order valence-corrected chi connectivity index (χ1v) is 7.07. The van der Waals surface area contributed by atoms with Crippen LogP contribution in [0.4, 0.5) is 0 Å². The van der Waals surface area contributed by atoms with Crippen molar-refractivity contribution in [3.05, 3.63) is 0 Å². The Labute approximate surface area is 96.3 Å². The summed E-state index contributed by atoms with van der Waals surface area (Å²) in [6, 6.07) is 0.587. The highest BCUT2D eigenvalue weighted by Gasteiger charge is 2.47. The van der Waals surface area contributed by atoms with Crippen molar-refractivity contribution < 1.29 is 0 Å². The number of hydrogen-bond acceptors (Lipinski definition) is 2. The van der Waals surface area contributed by atoms with Crippen molar-refractivity contribution in [3.8, 4) is 0 Å². The monoisotopic (exact) mass is 224 g/mol. The molecule has 2 aliphatic carbocycles. The summed E-state index contributed by atoms with van der Waals surface area (Å²) in [5, 5.41) is 4.92. The molecule has 1 aliphatic heterocycles. The lowest BCUT2D eigenvalue weighted by molar-refractivity contribution is 0.452. The molecule has 1 N–H and O–H groups in total. The van der Waals surface area contributed by atoms with Crippen LogP contribution in [0.5, 0.6) is 0 Å². The summed E-state index contributed by atoms with van der Waals surface area (Å²) in [6.45, 7) is 4.62. The van der Waals surface area contributed by atoms with E-state index in [2.05, 4.69) is 19.2 Å². The molecule has 3 fully saturated rings. The lowest BCUT2D eigenvalue weighted by Crippen LogP contribution is -2.40. The largest absolute Gasteiger partial charge is 0.359 e. The SMILES string of the molecule is CC1(C)CC1N=C1NC2(CCCC2)CS1. The van der Waals surface area contributed by atoms with E-state index in [1.165, 1.54) is 43.0 Å². The minimum absolute atomic E-state index is 0.433. The molecule has 3 heteroatoms. The van der Waals surface area contributed by atoms with Gasteiger partial charge >= 0.3 is 0 Å². The first-order valence-electron chi connectivity index (χ1n) is 6.09. The molecule has 0 amide bonds. The van der Waals surface area contributed by atoms with Gasteiger partial charge in [-0.05, 0) is 24.7 Å². The molecule has 0 bridgehead atoms. The number of nitrogens with one attached hydrogen (secondary N) is 1. The summed E-state index contributed by atoms with van der Waals surface area (Å²) >= 11 is 1.95. The molecule has 0 aromatic rings. The fourth-order valence-electron chi connectivity index (χ4n) is 2.70. The van der Waals surface area contributed by atoms with Gasteiger partial charge in [0.25, 0.3) is 0 Å². The highest BCUT2D eigenvalue weighted by Crippen LogP contribution is 2.48. The molecule has 1 unspecified atom stereocenters. The zero-order valence-electron chi connectivity index (χ0n) is 9.68. The van der Waals surface area contributed by atoms with Crippen LogP contribution in [0.2, 0.25) is 0 Å². The molecule has 3 aliphatic rings. The van der Waals surface area contributed by atoms with Crippen LogP contribution in [0.25, 0.3) is 0 Å². The summed E-state index contributed by atoms with van der Waals surface area (Å²) < 4.78 is 0. The van der Waals surface area contributed by atoms with Gasteiger partial charge in [0.15, 0.2) is 5.17 Å². The summed E-state index contributed by atoms with van der Waals surface area (Å²) in [6.07, 6.45) is 6.78. The fourth-order valence-corrected chi connectivity index (χ4v) is 3.96. The predicted octanol–water partition coefficient (Wildman–Crippen LogP) is 2.79. The fraction of sp³-hybridized carbons (Fsp3) is 0.917. The maximum atomic E-state index is 4.83. The molecule has 1 saturated heterocycles. The van der Waals surface area contributed by atoms with Gasteiger partial charge in [-0.15, -0.1) is 0 Å². The zero-order chi connectivity index (χ0) is 10.5. The molecule has 2 nitrogen and oxygen atoms in total. The molecule has 1 atom stereocenters. The molecular formula is C12H20N2S. The van der Waals surface area contributed by atoms with Gasteiger partial charge in [0.05, 0.1) is 6.04 Å². The molecular weight excluding hydrogens is 204 g/mol. The van der Waals surface area contributed by atoms with E-state index in [0.29, 0.717) is 17.0 Å². The van der Waals surface area contributed by atoms with E-state index in [-0.39, 0.29) is 0 Å². The van der Waals surface area contributed by atoms with Crippen LogP contribution in [-0.4, -0.2) is 22.5 Å². The molecule has 0 aromatic carbocycles. The number of nitrogens with zero attached hydrogens (tertiary/aromatic N) is 1. The highest BCUT2D eigenvalue weighted by atomic mass is 32.2. The second kappa shape index (κ2) is 3.16. The summed E-state index contributed by atoms with van der Waals surface area (Å²) in [5.74, 6) is 1.25. The second-order valence-electron chi connectivity index (χ2n) is 6.04. The molecule has 84 valence electrons. The Balaban J connectivity index is 1.66. The lowest BCUT2D eigenvalue weighted by atomic mass is 10.0. The predicted molar refractivity (Wildman–Crippen MR) is 66.4 cm³/mol. The van der Waals surface area contributed by atoms with Gasteiger partial charge in [0.1, 0.15) is 0 Å². The minimum atomic E-state index is 0.433. The van der Waals surface area contributed by atoms with E-state index in [1.807, 2.05) is 11.8 Å². The van der Waals surface area contributed by atoms with Crippen molar-refractivity contribution in [1.29, 1.82) is 0 Å². The number of hydrogen-bond donors (Lipinski definition) is 1. The molecule has 1 heterocycles. The average molecular weight is 224 g/mol. The Morgan fingerprint density at radius 1 is 1.33 bits per heavy atom. The normalized spacial score (nSPS) is 38.5. The maximum Gasteiger partial charge on any atom is 0.157 e. The average Bonchev–Trinajstić information content (AvgIpc) is 2.61. The summed E-state index contributed by atoms with van der Waals surface area (Å²) in [5.41, 5.74) is 0.906. The third kappa shape index (κ3) is 1.79. The smallest absolute Gasteiger partial charge is 0.157 e. The maximum absolute atomic E-state index is 4.83. The van der Waals surface area contributed by atoms with E-state index < -0.39 is 0 Å². The molecule has 0 radical (unpaired) electrons. The third-order valence-electron chi connectivity index (χ3n) is 4.15. The minimum Gasteiger partial charge on any atom is -0.359 e.